The van der Waals surface area contributed by atoms with Crippen molar-refractivity contribution in [2.75, 3.05) is 11.9 Å². The van der Waals surface area contributed by atoms with Gasteiger partial charge in [0.25, 0.3) is 0 Å². The lowest BCUT2D eigenvalue weighted by Crippen LogP contribution is -2.24. The minimum absolute atomic E-state index is 0.0718. The van der Waals surface area contributed by atoms with Gasteiger partial charge in [-0.1, -0.05) is 20.8 Å². The summed E-state index contributed by atoms with van der Waals surface area (Å²) >= 11 is 3.00. The summed E-state index contributed by atoms with van der Waals surface area (Å²) in [6.45, 7) is 6.43. The van der Waals surface area contributed by atoms with Crippen molar-refractivity contribution in [2.24, 2.45) is 5.41 Å². The van der Waals surface area contributed by atoms with Crippen LogP contribution in [0, 0.1) is 5.41 Å². The van der Waals surface area contributed by atoms with E-state index in [0.29, 0.717) is 11.0 Å². The largest absolute Gasteiger partial charge is 0.419 e. The molecule has 0 unspecified atom stereocenters. The predicted molar refractivity (Wildman–Crippen MR) is 69.5 cm³/mol. The van der Waals surface area contributed by atoms with Gasteiger partial charge in [0, 0.05) is 17.2 Å². The smallest absolute Gasteiger partial charge is 0.369 e. The van der Waals surface area contributed by atoms with Gasteiger partial charge in [-0.25, -0.2) is 4.98 Å². The second-order valence-corrected chi connectivity index (χ2v) is 5.83. The first kappa shape index (κ1) is 15.3. The summed E-state index contributed by atoms with van der Waals surface area (Å²) < 4.78 is 38.8. The number of hydrogen-bond acceptors (Lipinski definition) is 2. The fourth-order valence-electron chi connectivity index (χ4n) is 1.24. The molecule has 0 atom stereocenters. The SMILES string of the molecule is CCC(C)(C)CNc1ncc(Br)cc1C(F)(F)F. The van der Waals surface area contributed by atoms with Gasteiger partial charge in [0.15, 0.2) is 0 Å². The third-order valence-corrected chi connectivity index (χ3v) is 3.28. The summed E-state index contributed by atoms with van der Waals surface area (Å²) in [5, 5.41) is 2.79. The second kappa shape index (κ2) is 5.47. The topological polar surface area (TPSA) is 24.9 Å². The Morgan fingerprint density at radius 2 is 1.94 bits per heavy atom. The van der Waals surface area contributed by atoms with E-state index in [4.69, 9.17) is 0 Å². The highest BCUT2D eigenvalue weighted by molar-refractivity contribution is 9.10. The molecule has 18 heavy (non-hydrogen) atoms. The molecule has 0 saturated heterocycles. The first-order valence-corrected chi connectivity index (χ1v) is 6.41. The Bertz CT molecular complexity index is 416. The maximum Gasteiger partial charge on any atom is 0.419 e. The molecule has 0 aliphatic carbocycles. The number of anilines is 1. The average molecular weight is 325 g/mol. The van der Waals surface area contributed by atoms with Crippen molar-refractivity contribution in [1.82, 2.24) is 4.98 Å². The Hall–Kier alpha value is -0.780. The van der Waals surface area contributed by atoms with Crippen molar-refractivity contribution in [2.45, 2.75) is 33.4 Å². The molecule has 1 rings (SSSR count). The first-order chi connectivity index (χ1) is 8.15. The van der Waals surface area contributed by atoms with Gasteiger partial charge in [-0.2, -0.15) is 13.2 Å². The summed E-state index contributed by atoms with van der Waals surface area (Å²) in [4.78, 5) is 3.80. The van der Waals surface area contributed by atoms with Gasteiger partial charge in [0.2, 0.25) is 0 Å². The molecule has 0 aliphatic heterocycles. The van der Waals surface area contributed by atoms with Crippen LogP contribution in [0.2, 0.25) is 0 Å². The lowest BCUT2D eigenvalue weighted by molar-refractivity contribution is -0.137. The molecule has 1 aromatic rings. The number of pyridine rings is 1. The highest BCUT2D eigenvalue weighted by atomic mass is 79.9. The van der Waals surface area contributed by atoms with Gasteiger partial charge >= 0.3 is 6.18 Å². The van der Waals surface area contributed by atoms with E-state index in [1.165, 1.54) is 6.20 Å². The Morgan fingerprint density at radius 1 is 1.33 bits per heavy atom. The molecule has 0 bridgehead atoms. The maximum absolute atomic E-state index is 12.8. The predicted octanol–water partition coefficient (Wildman–Crippen LogP) is 4.71. The molecule has 1 aromatic heterocycles. The average Bonchev–Trinajstić information content (AvgIpc) is 2.26. The number of nitrogens with zero attached hydrogens (tertiary/aromatic N) is 1. The van der Waals surface area contributed by atoms with Crippen LogP contribution in [0.4, 0.5) is 19.0 Å². The Kier molecular flexibility index (Phi) is 4.64. The number of hydrogen-bond donors (Lipinski definition) is 1. The summed E-state index contributed by atoms with van der Waals surface area (Å²) in [7, 11) is 0. The quantitative estimate of drug-likeness (QED) is 0.867. The second-order valence-electron chi connectivity index (χ2n) is 4.92. The Morgan fingerprint density at radius 3 is 2.44 bits per heavy atom. The first-order valence-electron chi connectivity index (χ1n) is 5.62. The molecule has 102 valence electrons. The highest BCUT2D eigenvalue weighted by Crippen LogP contribution is 2.35. The van der Waals surface area contributed by atoms with Crippen molar-refractivity contribution >= 4 is 21.7 Å². The zero-order valence-electron chi connectivity index (χ0n) is 10.5. The van der Waals surface area contributed by atoms with Crippen LogP contribution in [-0.2, 0) is 6.18 Å². The van der Waals surface area contributed by atoms with Crippen LogP contribution in [0.1, 0.15) is 32.8 Å². The van der Waals surface area contributed by atoms with Gasteiger partial charge in [-0.15, -0.1) is 0 Å². The number of rotatable bonds is 4. The van der Waals surface area contributed by atoms with E-state index >= 15 is 0 Å². The fraction of sp³-hybridized carbons (Fsp3) is 0.583. The minimum Gasteiger partial charge on any atom is -0.369 e. The van der Waals surface area contributed by atoms with Gasteiger partial charge in [-0.3, -0.25) is 0 Å². The molecule has 6 heteroatoms. The van der Waals surface area contributed by atoms with Crippen LogP contribution >= 0.6 is 15.9 Å². The summed E-state index contributed by atoms with van der Waals surface area (Å²) in [5.41, 5.74) is -0.818. The van der Waals surface area contributed by atoms with Crippen molar-refractivity contribution in [1.29, 1.82) is 0 Å². The summed E-state index contributed by atoms with van der Waals surface area (Å²) in [5.74, 6) is -0.118. The number of aromatic nitrogens is 1. The lowest BCUT2D eigenvalue weighted by Gasteiger charge is -2.24. The number of halogens is 4. The van der Waals surface area contributed by atoms with Crippen LogP contribution in [-0.4, -0.2) is 11.5 Å². The third-order valence-electron chi connectivity index (χ3n) is 2.85. The van der Waals surface area contributed by atoms with Crippen molar-refractivity contribution in [3.05, 3.63) is 22.3 Å². The van der Waals surface area contributed by atoms with Gasteiger partial charge < -0.3 is 5.32 Å². The molecule has 1 N–H and O–H groups in total. The zero-order chi connectivity index (χ0) is 14.0. The summed E-state index contributed by atoms with van der Waals surface area (Å²) in [6.07, 6.45) is -2.18. The third kappa shape index (κ3) is 4.15. The molecule has 0 aliphatic rings. The number of nitrogens with one attached hydrogen (secondary N) is 1. The van der Waals surface area contributed by atoms with E-state index in [1.54, 1.807) is 0 Å². The molecular formula is C12H16BrF3N2. The molecule has 2 nitrogen and oxygen atoms in total. The Balaban J connectivity index is 2.96. The molecule has 0 spiro atoms. The molecule has 0 radical (unpaired) electrons. The van der Waals surface area contributed by atoms with Crippen molar-refractivity contribution in [3.8, 4) is 0 Å². The number of alkyl halides is 3. The van der Waals surface area contributed by atoms with Gasteiger partial charge in [0.05, 0.1) is 5.56 Å². The molecule has 0 aromatic carbocycles. The van der Waals surface area contributed by atoms with Crippen LogP contribution in [0.15, 0.2) is 16.7 Å². The van der Waals surface area contributed by atoms with E-state index in [1.807, 2.05) is 20.8 Å². The Labute approximate surface area is 113 Å². The van der Waals surface area contributed by atoms with Gasteiger partial charge in [-0.05, 0) is 33.8 Å². The fourth-order valence-corrected chi connectivity index (χ4v) is 1.58. The molecule has 0 fully saturated rings. The molecule has 0 saturated carbocycles. The highest BCUT2D eigenvalue weighted by Gasteiger charge is 2.35. The van der Waals surface area contributed by atoms with E-state index in [2.05, 4.69) is 26.2 Å². The van der Waals surface area contributed by atoms with Crippen LogP contribution in [0.5, 0.6) is 0 Å². The van der Waals surface area contributed by atoms with Crippen LogP contribution < -0.4 is 5.32 Å². The van der Waals surface area contributed by atoms with E-state index in [0.717, 1.165) is 12.5 Å². The van der Waals surface area contributed by atoms with Gasteiger partial charge in [0.1, 0.15) is 5.82 Å². The molecule has 0 amide bonds. The minimum atomic E-state index is -4.41. The van der Waals surface area contributed by atoms with E-state index in [9.17, 15) is 13.2 Å². The molecular weight excluding hydrogens is 309 g/mol. The normalized spacial score (nSPS) is 12.6. The van der Waals surface area contributed by atoms with E-state index in [-0.39, 0.29) is 11.2 Å². The van der Waals surface area contributed by atoms with Crippen molar-refractivity contribution in [3.63, 3.8) is 0 Å². The lowest BCUT2D eigenvalue weighted by atomic mass is 9.90. The zero-order valence-corrected chi connectivity index (χ0v) is 12.1. The molecule has 1 heterocycles. The van der Waals surface area contributed by atoms with Crippen molar-refractivity contribution < 1.29 is 13.2 Å². The van der Waals surface area contributed by atoms with Crippen LogP contribution in [0.3, 0.4) is 0 Å². The van der Waals surface area contributed by atoms with Crippen LogP contribution in [0.25, 0.3) is 0 Å². The maximum atomic E-state index is 12.8. The van der Waals surface area contributed by atoms with E-state index < -0.39 is 11.7 Å². The summed E-state index contributed by atoms with van der Waals surface area (Å²) in [6, 6.07) is 1.04. The monoisotopic (exact) mass is 324 g/mol. The standard InChI is InChI=1S/C12H16BrF3N2/c1-4-11(2,3)7-18-10-9(12(14,15)16)5-8(13)6-17-10/h5-6H,4,7H2,1-3H3,(H,17,18).